The van der Waals surface area contributed by atoms with Crippen molar-refractivity contribution >= 4 is 0 Å². The first-order chi connectivity index (χ1) is 7.97. The van der Waals surface area contributed by atoms with Gasteiger partial charge in [-0.3, -0.25) is 0 Å². The number of methoxy groups -OCH3 is 2. The Morgan fingerprint density at radius 3 is 2.41 bits per heavy atom. The van der Waals surface area contributed by atoms with Crippen molar-refractivity contribution in [3.05, 3.63) is 23.8 Å². The molecule has 0 bridgehead atoms. The number of ether oxygens (including phenoxy) is 2. The summed E-state index contributed by atoms with van der Waals surface area (Å²) in [5.74, 6) is 1.55. The third-order valence-electron chi connectivity index (χ3n) is 3.53. The van der Waals surface area contributed by atoms with Crippen LogP contribution in [0.15, 0.2) is 18.2 Å². The fraction of sp³-hybridized carbons (Fsp3) is 0.571. The minimum absolute atomic E-state index is 0.157. The first kappa shape index (κ1) is 13.8. The molecule has 0 spiro atoms. The minimum Gasteiger partial charge on any atom is -0.497 e. The normalized spacial score (nSPS) is 16.1. The zero-order valence-corrected chi connectivity index (χ0v) is 11.3. The molecule has 1 aromatic rings. The Morgan fingerprint density at radius 2 is 1.94 bits per heavy atom. The largest absolute Gasteiger partial charge is 0.497 e. The fourth-order valence-electron chi connectivity index (χ4n) is 1.88. The van der Waals surface area contributed by atoms with Crippen molar-refractivity contribution in [2.45, 2.75) is 32.8 Å². The van der Waals surface area contributed by atoms with Crippen molar-refractivity contribution in [1.82, 2.24) is 0 Å². The van der Waals surface area contributed by atoms with E-state index in [0.29, 0.717) is 5.75 Å². The molecule has 0 radical (unpaired) electrons. The van der Waals surface area contributed by atoms with Crippen LogP contribution in [0, 0.1) is 5.92 Å². The molecule has 0 fully saturated rings. The van der Waals surface area contributed by atoms with E-state index in [9.17, 15) is 5.11 Å². The highest BCUT2D eigenvalue weighted by Crippen LogP contribution is 2.38. The van der Waals surface area contributed by atoms with Crippen LogP contribution in [0.2, 0.25) is 0 Å². The molecule has 96 valence electrons. The fourth-order valence-corrected chi connectivity index (χ4v) is 1.88. The summed E-state index contributed by atoms with van der Waals surface area (Å²) >= 11 is 0. The summed E-state index contributed by atoms with van der Waals surface area (Å²) in [6, 6.07) is 5.50. The average Bonchev–Trinajstić information content (AvgIpc) is 2.36. The van der Waals surface area contributed by atoms with Gasteiger partial charge in [-0.05, 0) is 25.0 Å². The maximum Gasteiger partial charge on any atom is 0.128 e. The van der Waals surface area contributed by atoms with Crippen LogP contribution in [0.5, 0.6) is 11.5 Å². The Labute approximate surface area is 103 Å². The zero-order valence-electron chi connectivity index (χ0n) is 11.3. The van der Waals surface area contributed by atoms with E-state index in [1.54, 1.807) is 20.3 Å². The summed E-state index contributed by atoms with van der Waals surface area (Å²) in [5.41, 5.74) is -0.0954. The Bertz CT molecular complexity index is 372. The molecular formula is C14H22O3. The van der Waals surface area contributed by atoms with E-state index in [4.69, 9.17) is 9.47 Å². The Morgan fingerprint density at radius 1 is 1.29 bits per heavy atom. The van der Waals surface area contributed by atoms with Crippen LogP contribution in [0.25, 0.3) is 0 Å². The lowest BCUT2D eigenvalue weighted by Gasteiger charge is -2.31. The number of hydrogen-bond donors (Lipinski definition) is 1. The second-order valence-corrected chi connectivity index (χ2v) is 4.52. The Balaban J connectivity index is 3.21. The van der Waals surface area contributed by atoms with Crippen LogP contribution in [0.3, 0.4) is 0 Å². The van der Waals surface area contributed by atoms with Crippen LogP contribution >= 0.6 is 0 Å². The van der Waals surface area contributed by atoms with Gasteiger partial charge in [-0.1, -0.05) is 20.3 Å². The summed E-state index contributed by atoms with van der Waals surface area (Å²) < 4.78 is 10.5. The van der Waals surface area contributed by atoms with E-state index in [1.807, 2.05) is 26.0 Å². The van der Waals surface area contributed by atoms with Gasteiger partial charge in [-0.15, -0.1) is 0 Å². The number of aliphatic hydroxyl groups is 1. The average molecular weight is 238 g/mol. The summed E-state index contributed by atoms with van der Waals surface area (Å²) in [6.07, 6.45) is 0.905. The number of benzene rings is 1. The highest BCUT2D eigenvalue weighted by Gasteiger charge is 2.32. The lowest BCUT2D eigenvalue weighted by atomic mass is 9.82. The van der Waals surface area contributed by atoms with E-state index in [-0.39, 0.29) is 5.92 Å². The van der Waals surface area contributed by atoms with Crippen LogP contribution in [-0.4, -0.2) is 19.3 Å². The number of hydrogen-bond acceptors (Lipinski definition) is 3. The second-order valence-electron chi connectivity index (χ2n) is 4.52. The lowest BCUT2D eigenvalue weighted by Crippen LogP contribution is -2.30. The van der Waals surface area contributed by atoms with Crippen molar-refractivity contribution in [1.29, 1.82) is 0 Å². The van der Waals surface area contributed by atoms with Gasteiger partial charge in [0.05, 0.1) is 19.8 Å². The highest BCUT2D eigenvalue weighted by atomic mass is 16.5. The van der Waals surface area contributed by atoms with Gasteiger partial charge in [0, 0.05) is 11.6 Å². The molecule has 3 nitrogen and oxygen atoms in total. The molecule has 0 aliphatic rings. The number of rotatable bonds is 5. The summed E-state index contributed by atoms with van der Waals surface area (Å²) in [6.45, 7) is 5.92. The van der Waals surface area contributed by atoms with E-state index in [1.165, 1.54) is 0 Å². The standard InChI is InChI=1S/C14H22O3/c1-6-10(2)14(3,15)12-8-7-11(16-4)9-13(12)17-5/h7-10,15H,6H2,1-5H3. The van der Waals surface area contributed by atoms with Crippen molar-refractivity contribution in [2.24, 2.45) is 5.92 Å². The first-order valence-electron chi connectivity index (χ1n) is 5.92. The van der Waals surface area contributed by atoms with Crippen LogP contribution in [0.1, 0.15) is 32.8 Å². The van der Waals surface area contributed by atoms with Gasteiger partial charge in [0.1, 0.15) is 11.5 Å². The molecular weight excluding hydrogens is 216 g/mol. The van der Waals surface area contributed by atoms with Crippen molar-refractivity contribution in [2.75, 3.05) is 14.2 Å². The quantitative estimate of drug-likeness (QED) is 0.857. The van der Waals surface area contributed by atoms with Crippen molar-refractivity contribution in [3.63, 3.8) is 0 Å². The molecule has 0 heterocycles. The minimum atomic E-state index is -0.896. The molecule has 2 atom stereocenters. The molecule has 1 N–H and O–H groups in total. The summed E-state index contributed by atoms with van der Waals surface area (Å²) in [7, 11) is 3.21. The predicted molar refractivity (Wildman–Crippen MR) is 68.6 cm³/mol. The Hall–Kier alpha value is -1.22. The summed E-state index contributed by atoms with van der Waals surface area (Å²) in [5, 5.41) is 10.6. The topological polar surface area (TPSA) is 38.7 Å². The second kappa shape index (κ2) is 5.41. The van der Waals surface area contributed by atoms with Gasteiger partial charge >= 0.3 is 0 Å². The third-order valence-corrected chi connectivity index (χ3v) is 3.53. The van der Waals surface area contributed by atoms with Gasteiger partial charge in [0.25, 0.3) is 0 Å². The van der Waals surface area contributed by atoms with Gasteiger partial charge in [-0.2, -0.15) is 0 Å². The molecule has 0 aromatic heterocycles. The predicted octanol–water partition coefficient (Wildman–Crippen LogP) is 2.96. The van der Waals surface area contributed by atoms with E-state index >= 15 is 0 Å². The first-order valence-corrected chi connectivity index (χ1v) is 5.92. The molecule has 0 amide bonds. The lowest BCUT2D eigenvalue weighted by molar-refractivity contribution is -0.00200. The van der Waals surface area contributed by atoms with Crippen LogP contribution in [-0.2, 0) is 5.60 Å². The van der Waals surface area contributed by atoms with Gasteiger partial charge in [0.15, 0.2) is 0 Å². The smallest absolute Gasteiger partial charge is 0.128 e. The highest BCUT2D eigenvalue weighted by molar-refractivity contribution is 5.43. The molecule has 0 aliphatic heterocycles. The SMILES string of the molecule is CCC(C)C(C)(O)c1ccc(OC)cc1OC. The molecule has 1 rings (SSSR count). The van der Waals surface area contributed by atoms with Gasteiger partial charge < -0.3 is 14.6 Å². The van der Waals surface area contributed by atoms with E-state index in [2.05, 4.69) is 6.92 Å². The Kier molecular flexibility index (Phi) is 4.40. The molecule has 0 saturated heterocycles. The van der Waals surface area contributed by atoms with Gasteiger partial charge in [0.2, 0.25) is 0 Å². The van der Waals surface area contributed by atoms with E-state index in [0.717, 1.165) is 17.7 Å². The van der Waals surface area contributed by atoms with Crippen molar-refractivity contribution in [3.8, 4) is 11.5 Å². The zero-order chi connectivity index (χ0) is 13.1. The third kappa shape index (κ3) is 2.72. The summed E-state index contributed by atoms with van der Waals surface area (Å²) in [4.78, 5) is 0. The molecule has 17 heavy (non-hydrogen) atoms. The maximum absolute atomic E-state index is 10.6. The van der Waals surface area contributed by atoms with Crippen molar-refractivity contribution < 1.29 is 14.6 Å². The van der Waals surface area contributed by atoms with Gasteiger partial charge in [-0.25, -0.2) is 0 Å². The maximum atomic E-state index is 10.6. The molecule has 0 aliphatic carbocycles. The molecule has 2 unspecified atom stereocenters. The van der Waals surface area contributed by atoms with E-state index < -0.39 is 5.60 Å². The van der Waals surface area contributed by atoms with Crippen LogP contribution < -0.4 is 9.47 Å². The molecule has 0 saturated carbocycles. The molecule has 1 aromatic carbocycles. The monoisotopic (exact) mass is 238 g/mol. The van der Waals surface area contributed by atoms with Crippen LogP contribution in [0.4, 0.5) is 0 Å². The molecule has 3 heteroatoms.